The van der Waals surface area contributed by atoms with Crippen molar-refractivity contribution in [3.8, 4) is 0 Å². The molecule has 70 valence electrons. The van der Waals surface area contributed by atoms with Gasteiger partial charge >= 0.3 is 0 Å². The molecule has 1 fully saturated rings. The molecule has 0 amide bonds. The first-order chi connectivity index (χ1) is 6.25. The number of nitrogens with one attached hydrogen (secondary N) is 1. The lowest BCUT2D eigenvalue weighted by molar-refractivity contribution is 0.0211. The van der Waals surface area contributed by atoms with Crippen LogP contribution in [0.3, 0.4) is 0 Å². The summed E-state index contributed by atoms with van der Waals surface area (Å²) in [5.41, 5.74) is 1.12. The molecule has 0 aromatic heterocycles. The Balaban J connectivity index is 2.10. The lowest BCUT2D eigenvalue weighted by Gasteiger charge is -2.28. The van der Waals surface area contributed by atoms with E-state index in [0.717, 1.165) is 27.8 Å². The fraction of sp³-hybridized carbons (Fsp3) is 0.333. The van der Waals surface area contributed by atoms with Gasteiger partial charge in [-0.25, -0.2) is 0 Å². The van der Waals surface area contributed by atoms with Crippen LogP contribution in [0.4, 0.5) is 5.69 Å². The molecule has 0 atom stereocenters. The normalized spacial score (nSPS) is 16.8. The molecule has 1 N–H and O–H groups in total. The number of benzene rings is 1. The van der Waals surface area contributed by atoms with Crippen molar-refractivity contribution in [3.63, 3.8) is 0 Å². The average Bonchev–Trinajstić information content (AvgIpc) is 1.99. The number of ether oxygens (including phenoxy) is 1. The Kier molecular flexibility index (Phi) is 2.91. The van der Waals surface area contributed by atoms with Crippen LogP contribution in [-0.4, -0.2) is 19.3 Å². The van der Waals surface area contributed by atoms with E-state index in [-0.39, 0.29) is 0 Å². The van der Waals surface area contributed by atoms with Gasteiger partial charge in [0.1, 0.15) is 0 Å². The number of halogens is 2. The second-order valence-corrected chi connectivity index (χ2v) is 4.77. The zero-order valence-corrected chi connectivity index (χ0v) is 10.1. The van der Waals surface area contributed by atoms with E-state index in [1.165, 1.54) is 0 Å². The first kappa shape index (κ1) is 9.49. The summed E-state index contributed by atoms with van der Waals surface area (Å²) in [6, 6.07) is 6.57. The Morgan fingerprint density at radius 1 is 1.31 bits per heavy atom. The van der Waals surface area contributed by atoms with Gasteiger partial charge in [0, 0.05) is 14.6 Å². The summed E-state index contributed by atoms with van der Waals surface area (Å²) < 4.78 is 7.24. The van der Waals surface area contributed by atoms with Gasteiger partial charge in [-0.3, -0.25) is 0 Å². The SMILES string of the molecule is Brc1ccc(NC2COC2)c(Br)c1. The highest BCUT2D eigenvalue weighted by Crippen LogP contribution is 2.27. The van der Waals surface area contributed by atoms with E-state index in [4.69, 9.17) is 4.74 Å². The van der Waals surface area contributed by atoms with E-state index in [9.17, 15) is 0 Å². The van der Waals surface area contributed by atoms with Crippen LogP contribution in [-0.2, 0) is 4.74 Å². The topological polar surface area (TPSA) is 21.3 Å². The van der Waals surface area contributed by atoms with Crippen molar-refractivity contribution in [1.29, 1.82) is 0 Å². The molecule has 1 saturated heterocycles. The smallest absolute Gasteiger partial charge is 0.0729 e. The maximum Gasteiger partial charge on any atom is 0.0729 e. The molecule has 0 radical (unpaired) electrons. The van der Waals surface area contributed by atoms with Crippen molar-refractivity contribution < 1.29 is 4.74 Å². The van der Waals surface area contributed by atoms with Crippen LogP contribution in [0.25, 0.3) is 0 Å². The Bertz CT molecular complexity index is 312. The van der Waals surface area contributed by atoms with E-state index < -0.39 is 0 Å². The van der Waals surface area contributed by atoms with Gasteiger partial charge in [0.05, 0.1) is 19.3 Å². The standard InChI is InChI=1S/C9H9Br2NO/c10-6-1-2-9(8(11)3-6)12-7-4-13-5-7/h1-3,7,12H,4-5H2. The van der Waals surface area contributed by atoms with E-state index in [2.05, 4.69) is 37.2 Å². The highest BCUT2D eigenvalue weighted by molar-refractivity contribution is 9.11. The zero-order chi connectivity index (χ0) is 9.26. The Labute approximate surface area is 93.9 Å². The lowest BCUT2D eigenvalue weighted by atomic mass is 10.2. The predicted molar refractivity (Wildman–Crippen MR) is 60.1 cm³/mol. The molecule has 1 aliphatic rings. The van der Waals surface area contributed by atoms with E-state index in [1.54, 1.807) is 0 Å². The second-order valence-electron chi connectivity index (χ2n) is 3.00. The van der Waals surface area contributed by atoms with Crippen LogP contribution in [0, 0.1) is 0 Å². The van der Waals surface area contributed by atoms with E-state index in [0.29, 0.717) is 6.04 Å². The zero-order valence-electron chi connectivity index (χ0n) is 6.89. The van der Waals surface area contributed by atoms with Crippen molar-refractivity contribution >= 4 is 37.5 Å². The maximum absolute atomic E-state index is 5.08. The Morgan fingerprint density at radius 2 is 2.08 bits per heavy atom. The highest BCUT2D eigenvalue weighted by Gasteiger charge is 2.18. The molecule has 1 heterocycles. The van der Waals surface area contributed by atoms with Gasteiger partial charge in [-0.05, 0) is 34.1 Å². The second kappa shape index (κ2) is 3.98. The van der Waals surface area contributed by atoms with Crippen LogP contribution >= 0.6 is 31.9 Å². The monoisotopic (exact) mass is 305 g/mol. The fourth-order valence-electron chi connectivity index (χ4n) is 1.15. The summed E-state index contributed by atoms with van der Waals surface area (Å²) in [6.45, 7) is 1.62. The largest absolute Gasteiger partial charge is 0.377 e. The van der Waals surface area contributed by atoms with Crippen molar-refractivity contribution in [2.75, 3.05) is 18.5 Å². The summed E-state index contributed by atoms with van der Waals surface area (Å²) in [5, 5.41) is 3.38. The van der Waals surface area contributed by atoms with Crippen LogP contribution < -0.4 is 5.32 Å². The van der Waals surface area contributed by atoms with Crippen molar-refractivity contribution in [3.05, 3.63) is 27.1 Å². The molecule has 1 aromatic rings. The Morgan fingerprint density at radius 3 is 2.62 bits per heavy atom. The molecule has 0 aliphatic carbocycles. The van der Waals surface area contributed by atoms with Crippen molar-refractivity contribution in [2.24, 2.45) is 0 Å². The lowest BCUT2D eigenvalue weighted by Crippen LogP contribution is -2.40. The molecule has 2 nitrogen and oxygen atoms in total. The number of hydrogen-bond acceptors (Lipinski definition) is 2. The van der Waals surface area contributed by atoms with Crippen LogP contribution in [0.1, 0.15) is 0 Å². The third kappa shape index (κ3) is 2.24. The predicted octanol–water partition coefficient (Wildman–Crippen LogP) is 3.02. The molecule has 1 aliphatic heterocycles. The number of hydrogen-bond donors (Lipinski definition) is 1. The molecule has 0 saturated carbocycles. The van der Waals surface area contributed by atoms with Gasteiger partial charge in [-0.2, -0.15) is 0 Å². The van der Waals surface area contributed by atoms with Gasteiger partial charge < -0.3 is 10.1 Å². The number of anilines is 1. The first-order valence-corrected chi connectivity index (χ1v) is 5.63. The Hall–Kier alpha value is -0.0600. The molecule has 13 heavy (non-hydrogen) atoms. The van der Waals surface area contributed by atoms with Crippen molar-refractivity contribution in [2.45, 2.75) is 6.04 Å². The van der Waals surface area contributed by atoms with Gasteiger partial charge in [-0.1, -0.05) is 15.9 Å². The van der Waals surface area contributed by atoms with Crippen LogP contribution in [0.15, 0.2) is 27.1 Å². The molecule has 0 bridgehead atoms. The minimum Gasteiger partial charge on any atom is -0.377 e. The minimum absolute atomic E-state index is 0.470. The highest BCUT2D eigenvalue weighted by atomic mass is 79.9. The summed E-state index contributed by atoms with van der Waals surface area (Å²) in [4.78, 5) is 0. The van der Waals surface area contributed by atoms with Crippen molar-refractivity contribution in [1.82, 2.24) is 0 Å². The van der Waals surface area contributed by atoms with Crippen LogP contribution in [0.5, 0.6) is 0 Å². The van der Waals surface area contributed by atoms with Gasteiger partial charge in [0.25, 0.3) is 0 Å². The molecular formula is C9H9Br2NO. The molecule has 0 unspecified atom stereocenters. The summed E-state index contributed by atoms with van der Waals surface area (Å²) in [6.07, 6.45) is 0. The summed E-state index contributed by atoms with van der Waals surface area (Å²) in [5.74, 6) is 0. The van der Waals surface area contributed by atoms with Gasteiger partial charge in [-0.15, -0.1) is 0 Å². The summed E-state index contributed by atoms with van der Waals surface area (Å²) in [7, 11) is 0. The number of rotatable bonds is 2. The fourth-order valence-corrected chi connectivity index (χ4v) is 2.31. The van der Waals surface area contributed by atoms with Gasteiger partial charge in [0.15, 0.2) is 0 Å². The molecule has 0 spiro atoms. The molecule has 4 heteroatoms. The summed E-state index contributed by atoms with van der Waals surface area (Å²) >= 11 is 6.91. The van der Waals surface area contributed by atoms with Gasteiger partial charge in [0.2, 0.25) is 0 Å². The minimum atomic E-state index is 0.470. The average molecular weight is 307 g/mol. The van der Waals surface area contributed by atoms with Crippen LogP contribution in [0.2, 0.25) is 0 Å². The maximum atomic E-state index is 5.08. The third-order valence-electron chi connectivity index (χ3n) is 1.93. The quantitative estimate of drug-likeness (QED) is 0.907. The molecular weight excluding hydrogens is 298 g/mol. The third-order valence-corrected chi connectivity index (χ3v) is 3.08. The van der Waals surface area contributed by atoms with E-state index >= 15 is 0 Å². The molecule has 2 rings (SSSR count). The first-order valence-electron chi connectivity index (χ1n) is 4.05. The molecule has 1 aromatic carbocycles. The van der Waals surface area contributed by atoms with E-state index in [1.807, 2.05) is 18.2 Å².